The maximum Gasteiger partial charge on any atom is 0.472 e. The lowest BCUT2D eigenvalue weighted by atomic mass is 10.0. The van der Waals surface area contributed by atoms with Crippen LogP contribution in [-0.2, 0) is 65.4 Å². The van der Waals surface area contributed by atoms with Crippen molar-refractivity contribution in [2.45, 2.75) is 278 Å². The molecule has 19 heteroatoms. The second-order valence-electron chi connectivity index (χ2n) is 20.1. The molecule has 0 heterocycles. The Balaban J connectivity index is 5.20. The van der Waals surface area contributed by atoms with Crippen LogP contribution in [0, 0.1) is 5.92 Å². The average molecular weight is 1090 g/mol. The third-order valence-electron chi connectivity index (χ3n) is 12.3. The number of hydrogen-bond donors (Lipinski definition) is 3. The summed E-state index contributed by atoms with van der Waals surface area (Å²) in [4.78, 5) is 71.4. The van der Waals surface area contributed by atoms with Crippen molar-refractivity contribution < 1.29 is 80.2 Å². The van der Waals surface area contributed by atoms with Crippen molar-refractivity contribution in [2.75, 3.05) is 39.6 Å². The van der Waals surface area contributed by atoms with Gasteiger partial charge in [0, 0.05) is 25.7 Å². The molecular formula is C54H104O17P2. The smallest absolute Gasteiger partial charge is 0.462 e. The van der Waals surface area contributed by atoms with E-state index in [0.29, 0.717) is 31.6 Å². The Bertz CT molecular complexity index is 1450. The molecule has 0 aromatic rings. The lowest BCUT2D eigenvalue weighted by molar-refractivity contribution is -0.161. The summed E-state index contributed by atoms with van der Waals surface area (Å²) in [5, 5.41) is 10.4. The van der Waals surface area contributed by atoms with Crippen molar-refractivity contribution in [1.82, 2.24) is 0 Å². The molecule has 3 N–H and O–H groups in total. The zero-order valence-corrected chi connectivity index (χ0v) is 48.0. The molecule has 0 aliphatic rings. The highest BCUT2D eigenvalue weighted by atomic mass is 31.2. The Morgan fingerprint density at radius 2 is 0.630 bits per heavy atom. The zero-order chi connectivity index (χ0) is 54.3. The molecule has 0 saturated carbocycles. The number of esters is 4. The van der Waals surface area contributed by atoms with E-state index in [1.54, 1.807) is 0 Å². The summed E-state index contributed by atoms with van der Waals surface area (Å²) in [7, 11) is -9.85. The van der Waals surface area contributed by atoms with E-state index in [1.165, 1.54) is 57.8 Å². The van der Waals surface area contributed by atoms with Gasteiger partial charge < -0.3 is 33.8 Å². The second-order valence-corrected chi connectivity index (χ2v) is 23.0. The number of carbonyl (C=O) groups is 4. The van der Waals surface area contributed by atoms with Crippen LogP contribution in [0.1, 0.15) is 259 Å². The quantitative estimate of drug-likeness (QED) is 0.0222. The van der Waals surface area contributed by atoms with Gasteiger partial charge in [-0.2, -0.15) is 0 Å². The summed E-state index contributed by atoms with van der Waals surface area (Å²) in [6.07, 6.45) is 28.3. The van der Waals surface area contributed by atoms with Crippen molar-refractivity contribution in [3.63, 3.8) is 0 Å². The minimum Gasteiger partial charge on any atom is -0.462 e. The molecule has 0 radical (unpaired) electrons. The maximum absolute atomic E-state index is 12.9. The van der Waals surface area contributed by atoms with Gasteiger partial charge in [0.25, 0.3) is 0 Å². The number of rotatable bonds is 54. The van der Waals surface area contributed by atoms with Crippen molar-refractivity contribution in [3.8, 4) is 0 Å². The third kappa shape index (κ3) is 49.4. The first-order valence-electron chi connectivity index (χ1n) is 28.6. The summed E-state index contributed by atoms with van der Waals surface area (Å²) in [5.74, 6) is -1.46. The van der Waals surface area contributed by atoms with E-state index in [-0.39, 0.29) is 25.7 Å². The Morgan fingerprint density at radius 3 is 0.932 bits per heavy atom. The van der Waals surface area contributed by atoms with Gasteiger partial charge in [0.05, 0.1) is 26.4 Å². The van der Waals surface area contributed by atoms with Crippen LogP contribution >= 0.6 is 15.6 Å². The molecular weight excluding hydrogens is 983 g/mol. The van der Waals surface area contributed by atoms with Gasteiger partial charge in [0.1, 0.15) is 19.3 Å². The van der Waals surface area contributed by atoms with Gasteiger partial charge >= 0.3 is 39.5 Å². The van der Waals surface area contributed by atoms with Gasteiger partial charge in [0.2, 0.25) is 0 Å². The molecule has 0 saturated heterocycles. The molecule has 0 amide bonds. The number of phosphoric ester groups is 2. The van der Waals surface area contributed by atoms with Crippen LogP contribution in [-0.4, -0.2) is 96.7 Å². The van der Waals surface area contributed by atoms with E-state index < -0.39 is 97.5 Å². The van der Waals surface area contributed by atoms with E-state index in [2.05, 4.69) is 34.6 Å². The zero-order valence-electron chi connectivity index (χ0n) is 46.3. The minimum atomic E-state index is -4.93. The summed E-state index contributed by atoms with van der Waals surface area (Å²) >= 11 is 0. The predicted molar refractivity (Wildman–Crippen MR) is 285 cm³/mol. The van der Waals surface area contributed by atoms with E-state index in [9.17, 15) is 43.2 Å². The number of ether oxygens (including phenoxy) is 4. The van der Waals surface area contributed by atoms with E-state index in [0.717, 1.165) is 116 Å². The van der Waals surface area contributed by atoms with Gasteiger partial charge in [-0.15, -0.1) is 0 Å². The highest BCUT2D eigenvalue weighted by molar-refractivity contribution is 7.47. The van der Waals surface area contributed by atoms with E-state index in [4.69, 9.17) is 37.0 Å². The molecule has 0 aromatic heterocycles. The highest BCUT2D eigenvalue weighted by Crippen LogP contribution is 2.45. The summed E-state index contributed by atoms with van der Waals surface area (Å²) in [6, 6.07) is 0. The number of carbonyl (C=O) groups excluding carboxylic acids is 4. The summed E-state index contributed by atoms with van der Waals surface area (Å²) in [5.41, 5.74) is 0. The largest absolute Gasteiger partial charge is 0.472 e. The van der Waals surface area contributed by atoms with Gasteiger partial charge in [-0.1, -0.05) is 208 Å². The maximum atomic E-state index is 12.9. The van der Waals surface area contributed by atoms with E-state index in [1.807, 2.05) is 0 Å². The fourth-order valence-corrected chi connectivity index (χ4v) is 9.39. The normalized spacial score (nSPS) is 14.5. The van der Waals surface area contributed by atoms with Crippen LogP contribution in [0.5, 0.6) is 0 Å². The SMILES string of the molecule is CCCCCCCCCCC(=O)OC[C@H](COP(=O)(O)OC[C@@H](O)COP(=O)(O)OC[C@@H](COC(=O)CCCCCCCCC)OC(=O)CCCCCCCCCC)OC(=O)CCCCCCCCCC(C)C. The molecule has 0 fully saturated rings. The Morgan fingerprint density at radius 1 is 0.370 bits per heavy atom. The summed E-state index contributed by atoms with van der Waals surface area (Å²) in [6.45, 7) is 6.95. The van der Waals surface area contributed by atoms with Crippen LogP contribution in [0.2, 0.25) is 0 Å². The lowest BCUT2D eigenvalue weighted by Crippen LogP contribution is -2.30. The van der Waals surface area contributed by atoms with Crippen LogP contribution in [0.25, 0.3) is 0 Å². The number of unbranched alkanes of at least 4 members (excludes halogenated alkanes) is 26. The van der Waals surface area contributed by atoms with Crippen LogP contribution in [0.15, 0.2) is 0 Å². The number of hydrogen-bond acceptors (Lipinski definition) is 15. The van der Waals surface area contributed by atoms with Crippen LogP contribution in [0.4, 0.5) is 0 Å². The van der Waals surface area contributed by atoms with Crippen molar-refractivity contribution in [1.29, 1.82) is 0 Å². The Kier molecular flexibility index (Phi) is 47.1. The van der Waals surface area contributed by atoms with Crippen molar-refractivity contribution >= 4 is 39.5 Å². The molecule has 0 aliphatic heterocycles. The Hall–Kier alpha value is -1.94. The first-order valence-corrected chi connectivity index (χ1v) is 31.6. The fraction of sp³-hybridized carbons (Fsp3) is 0.926. The standard InChI is InChI=1S/C54H104O17P2/c1-6-9-12-15-18-23-28-33-38-52(57)65-44-50(71-54(59)40-35-30-25-20-22-26-31-36-47(4)5)46-69-73(62,63)67-42-48(55)41-66-72(60,61)68-45-49(43-64-51(56)37-32-27-21-17-14-11-8-3)70-53(58)39-34-29-24-19-16-13-10-7-2/h47-50,55H,6-46H2,1-5H3,(H,60,61)(H,62,63)/t48-,49+,50+/m0/s1. The molecule has 0 aromatic carbocycles. The second kappa shape index (κ2) is 48.4. The third-order valence-corrected chi connectivity index (χ3v) is 14.2. The molecule has 5 atom stereocenters. The first-order chi connectivity index (χ1) is 35.0. The number of aliphatic hydroxyl groups excluding tert-OH is 1. The van der Waals surface area contributed by atoms with Gasteiger partial charge in [-0.25, -0.2) is 9.13 Å². The molecule has 17 nitrogen and oxygen atoms in total. The lowest BCUT2D eigenvalue weighted by Gasteiger charge is -2.21. The van der Waals surface area contributed by atoms with Gasteiger partial charge in [0.15, 0.2) is 12.2 Å². The highest BCUT2D eigenvalue weighted by Gasteiger charge is 2.30. The van der Waals surface area contributed by atoms with Crippen LogP contribution in [0.3, 0.4) is 0 Å². The summed E-state index contributed by atoms with van der Waals surface area (Å²) < 4.78 is 67.3. The molecule has 0 rings (SSSR count). The van der Waals surface area contributed by atoms with Gasteiger partial charge in [-0.3, -0.25) is 37.3 Å². The first kappa shape index (κ1) is 71.1. The topological polar surface area (TPSA) is 237 Å². The number of aliphatic hydroxyl groups is 1. The molecule has 73 heavy (non-hydrogen) atoms. The fourth-order valence-electron chi connectivity index (χ4n) is 7.81. The van der Waals surface area contributed by atoms with Crippen molar-refractivity contribution in [3.05, 3.63) is 0 Å². The van der Waals surface area contributed by atoms with E-state index >= 15 is 0 Å². The minimum absolute atomic E-state index is 0.103. The number of phosphoric acid groups is 2. The monoisotopic (exact) mass is 1090 g/mol. The molecule has 0 bridgehead atoms. The van der Waals surface area contributed by atoms with Crippen molar-refractivity contribution in [2.24, 2.45) is 5.92 Å². The Labute approximate surface area is 441 Å². The predicted octanol–water partition coefficient (Wildman–Crippen LogP) is 13.9. The molecule has 0 spiro atoms. The van der Waals surface area contributed by atoms with Crippen LogP contribution < -0.4 is 0 Å². The average Bonchev–Trinajstić information content (AvgIpc) is 3.35. The molecule has 2 unspecified atom stereocenters. The molecule has 432 valence electrons. The van der Waals surface area contributed by atoms with Gasteiger partial charge in [-0.05, 0) is 31.6 Å². The molecule has 0 aliphatic carbocycles.